The molecule has 0 spiro atoms. The van der Waals surface area contributed by atoms with Crippen molar-refractivity contribution in [3.8, 4) is 0 Å². The Hall–Kier alpha value is -1.58. The topological polar surface area (TPSA) is 101 Å². The van der Waals surface area contributed by atoms with Crippen molar-refractivity contribution in [1.82, 2.24) is 14.7 Å². The first kappa shape index (κ1) is 20.7. The summed E-state index contributed by atoms with van der Waals surface area (Å²) in [6.07, 6.45) is -0.133. The molecule has 9 heteroatoms. The van der Waals surface area contributed by atoms with E-state index in [4.69, 9.17) is 0 Å². The number of hydrogen-bond acceptors (Lipinski definition) is 6. The molecule has 4 aliphatic rings. The number of carbonyl (C=O) groups is 3. The van der Waals surface area contributed by atoms with Crippen molar-refractivity contribution >= 4 is 29.5 Å². The summed E-state index contributed by atoms with van der Waals surface area (Å²) in [7, 11) is 0. The smallest absolute Gasteiger partial charge is 0.353 e. The Bertz CT molecular complexity index is 810. The second-order valence-corrected chi connectivity index (χ2v) is 10.3. The number of fused-ring (bicyclic) bond motifs is 2. The van der Waals surface area contributed by atoms with Gasteiger partial charge in [0.2, 0.25) is 11.8 Å². The van der Waals surface area contributed by atoms with Gasteiger partial charge < -0.3 is 20.0 Å². The van der Waals surface area contributed by atoms with Crippen LogP contribution in [0.25, 0.3) is 0 Å². The summed E-state index contributed by atoms with van der Waals surface area (Å²) in [4.78, 5) is 43.5. The van der Waals surface area contributed by atoms with Crippen LogP contribution in [0.3, 0.4) is 0 Å². The van der Waals surface area contributed by atoms with Crippen LogP contribution in [0.4, 0.5) is 0 Å². The predicted molar refractivity (Wildman–Crippen MR) is 108 cm³/mol. The third-order valence-corrected chi connectivity index (χ3v) is 8.59. The lowest BCUT2D eigenvalue weighted by atomic mass is 9.79. The summed E-state index contributed by atoms with van der Waals surface area (Å²) in [5, 5.41) is 19.9. The number of nitrogens with zero attached hydrogens (tertiary/aromatic N) is 3. The lowest BCUT2D eigenvalue weighted by Gasteiger charge is -2.46. The Morgan fingerprint density at radius 3 is 2.48 bits per heavy atom. The predicted octanol–water partition coefficient (Wildman–Crippen LogP) is 0.914. The van der Waals surface area contributed by atoms with E-state index in [1.807, 2.05) is 18.7 Å². The molecule has 4 aliphatic heterocycles. The third-order valence-electron chi connectivity index (χ3n) is 7.10. The van der Waals surface area contributed by atoms with E-state index in [9.17, 15) is 24.6 Å². The normalized spacial score (nSPS) is 37.1. The van der Waals surface area contributed by atoms with Crippen LogP contribution in [0.5, 0.6) is 0 Å². The second kappa shape index (κ2) is 6.72. The van der Waals surface area contributed by atoms with Crippen LogP contribution < -0.4 is 0 Å². The van der Waals surface area contributed by atoms with Gasteiger partial charge in [0.25, 0.3) is 0 Å². The molecular weight excluding hydrogens is 394 g/mol. The molecule has 3 saturated heterocycles. The van der Waals surface area contributed by atoms with Crippen molar-refractivity contribution in [2.45, 2.75) is 70.1 Å². The quantitative estimate of drug-likeness (QED) is 0.634. The van der Waals surface area contributed by atoms with E-state index < -0.39 is 18.0 Å². The van der Waals surface area contributed by atoms with Crippen LogP contribution in [0.15, 0.2) is 10.6 Å². The van der Waals surface area contributed by atoms with E-state index >= 15 is 0 Å². The van der Waals surface area contributed by atoms with Gasteiger partial charge in [-0.05, 0) is 34.1 Å². The van der Waals surface area contributed by atoms with Crippen molar-refractivity contribution < 1.29 is 24.6 Å². The molecule has 8 nitrogen and oxygen atoms in total. The van der Waals surface area contributed by atoms with E-state index in [1.54, 1.807) is 6.92 Å². The average molecular weight is 424 g/mol. The van der Waals surface area contributed by atoms with Gasteiger partial charge in [0.05, 0.1) is 29.8 Å². The van der Waals surface area contributed by atoms with Crippen LogP contribution in [-0.4, -0.2) is 84.9 Å². The molecule has 0 aromatic rings. The molecule has 160 valence electrons. The fourth-order valence-corrected chi connectivity index (χ4v) is 7.25. The van der Waals surface area contributed by atoms with Gasteiger partial charge in [-0.2, -0.15) is 0 Å². The maximum Gasteiger partial charge on any atom is 0.353 e. The van der Waals surface area contributed by atoms with Gasteiger partial charge in [-0.3, -0.25) is 14.5 Å². The minimum atomic E-state index is -1.11. The Kier molecular flexibility index (Phi) is 4.79. The van der Waals surface area contributed by atoms with E-state index in [2.05, 4.69) is 18.7 Å². The highest BCUT2D eigenvalue weighted by Gasteiger charge is 2.61. The highest BCUT2D eigenvalue weighted by atomic mass is 32.2. The standard InChI is InChI=1S/C20H29N3O5S/c1-6-21-17(25)12-7-11(8-22(12)20(21,4)5)29-16-9(2)14-13(10(3)24)18(26)23(14)15(16)19(27)28/h9-14,24H,6-8H2,1-5H3,(H,27,28)/t9-,10-,11+,12+,13-,14-/m1/s1. The van der Waals surface area contributed by atoms with Gasteiger partial charge in [0.1, 0.15) is 5.70 Å². The average Bonchev–Trinajstić information content (AvgIpc) is 3.19. The highest BCUT2D eigenvalue weighted by Crippen LogP contribution is 2.53. The summed E-state index contributed by atoms with van der Waals surface area (Å²) in [6.45, 7) is 11.0. The summed E-state index contributed by atoms with van der Waals surface area (Å²) >= 11 is 1.50. The van der Waals surface area contributed by atoms with Crippen LogP contribution in [0.1, 0.15) is 41.0 Å². The zero-order valence-electron chi connectivity index (χ0n) is 17.5. The summed E-state index contributed by atoms with van der Waals surface area (Å²) in [6, 6.07) is -0.470. The number of aliphatic carboxylic acids is 1. The van der Waals surface area contributed by atoms with Gasteiger partial charge in [-0.25, -0.2) is 4.79 Å². The lowest BCUT2D eigenvalue weighted by molar-refractivity contribution is -0.163. The minimum Gasteiger partial charge on any atom is -0.477 e. The first-order valence-electron chi connectivity index (χ1n) is 10.3. The number of β-lactam (4-membered cyclic amide) rings is 1. The van der Waals surface area contributed by atoms with Crippen LogP contribution in [0, 0.1) is 11.8 Å². The Morgan fingerprint density at radius 2 is 1.97 bits per heavy atom. The number of carboxylic acids is 1. The molecule has 0 saturated carbocycles. The third kappa shape index (κ3) is 2.70. The maximum absolute atomic E-state index is 12.8. The SMILES string of the molecule is CCN1C(=O)[C@@H]2C[C@H](SC3=C(C(=O)O)N4C(=O)[C@H]([C@@H](C)O)[C@H]4[C@H]3C)CN2C1(C)C. The van der Waals surface area contributed by atoms with Crippen LogP contribution >= 0.6 is 11.8 Å². The Balaban J connectivity index is 1.57. The number of aliphatic hydroxyl groups excluding tert-OH is 1. The number of rotatable bonds is 5. The van der Waals surface area contributed by atoms with Crippen LogP contribution in [0.2, 0.25) is 0 Å². The summed E-state index contributed by atoms with van der Waals surface area (Å²) in [5.74, 6) is -1.98. The molecule has 0 radical (unpaired) electrons. The van der Waals surface area contributed by atoms with Crippen molar-refractivity contribution in [3.05, 3.63) is 10.6 Å². The van der Waals surface area contributed by atoms with Gasteiger partial charge >= 0.3 is 5.97 Å². The fourth-order valence-electron chi connectivity index (χ4n) is 5.73. The molecular formula is C20H29N3O5S. The molecule has 0 bridgehead atoms. The molecule has 2 N–H and O–H groups in total. The van der Waals surface area contributed by atoms with E-state index in [1.165, 1.54) is 16.7 Å². The van der Waals surface area contributed by atoms with E-state index in [-0.39, 0.29) is 46.4 Å². The van der Waals surface area contributed by atoms with Gasteiger partial charge in [0.15, 0.2) is 0 Å². The zero-order valence-corrected chi connectivity index (χ0v) is 18.3. The van der Waals surface area contributed by atoms with Gasteiger partial charge in [-0.15, -0.1) is 11.8 Å². The van der Waals surface area contributed by atoms with Gasteiger partial charge in [0, 0.05) is 29.2 Å². The van der Waals surface area contributed by atoms with Crippen molar-refractivity contribution in [3.63, 3.8) is 0 Å². The molecule has 0 aliphatic carbocycles. The number of aliphatic hydroxyl groups is 1. The van der Waals surface area contributed by atoms with Gasteiger partial charge in [-0.1, -0.05) is 6.92 Å². The highest BCUT2D eigenvalue weighted by molar-refractivity contribution is 8.03. The molecule has 0 aromatic heterocycles. The molecule has 4 rings (SSSR count). The Morgan fingerprint density at radius 1 is 1.31 bits per heavy atom. The van der Waals surface area contributed by atoms with Crippen LogP contribution in [-0.2, 0) is 14.4 Å². The number of thioether (sulfide) groups is 1. The molecule has 2 amide bonds. The van der Waals surface area contributed by atoms with Crippen molar-refractivity contribution in [2.75, 3.05) is 13.1 Å². The zero-order chi connectivity index (χ0) is 21.4. The van der Waals surface area contributed by atoms with Crippen molar-refractivity contribution in [1.29, 1.82) is 0 Å². The first-order valence-corrected chi connectivity index (χ1v) is 11.1. The molecule has 6 atom stereocenters. The fraction of sp³-hybridized carbons (Fsp3) is 0.750. The molecule has 0 aromatic carbocycles. The molecule has 29 heavy (non-hydrogen) atoms. The number of carboxylic acid groups (broad SMARTS) is 1. The monoisotopic (exact) mass is 423 g/mol. The number of likely N-dealkylation sites (N-methyl/N-ethyl adjacent to an activating group) is 1. The maximum atomic E-state index is 12.8. The molecule has 4 heterocycles. The molecule has 0 unspecified atom stereocenters. The molecule has 3 fully saturated rings. The number of carbonyl (C=O) groups excluding carboxylic acids is 2. The summed E-state index contributed by atoms with van der Waals surface area (Å²) in [5.41, 5.74) is -0.297. The first-order chi connectivity index (χ1) is 13.5. The Labute approximate surface area is 174 Å². The van der Waals surface area contributed by atoms with E-state index in [0.717, 1.165) is 0 Å². The van der Waals surface area contributed by atoms with Crippen molar-refractivity contribution in [2.24, 2.45) is 11.8 Å². The van der Waals surface area contributed by atoms with E-state index in [0.29, 0.717) is 24.4 Å². The number of amides is 2. The summed E-state index contributed by atoms with van der Waals surface area (Å²) < 4.78 is 0. The largest absolute Gasteiger partial charge is 0.477 e. The minimum absolute atomic E-state index is 0.0576. The lowest BCUT2D eigenvalue weighted by Crippen LogP contribution is -2.63. The second-order valence-electron chi connectivity index (χ2n) is 8.99. The number of hydrogen-bond donors (Lipinski definition) is 2.